The van der Waals surface area contributed by atoms with Crippen molar-refractivity contribution in [3.05, 3.63) is 65.7 Å². The zero-order valence-electron chi connectivity index (χ0n) is 9.28. The summed E-state index contributed by atoms with van der Waals surface area (Å²) in [6.45, 7) is 0.497. The van der Waals surface area contributed by atoms with E-state index in [0.717, 1.165) is 11.1 Å². The molecule has 0 aliphatic heterocycles. The van der Waals surface area contributed by atoms with E-state index in [2.05, 4.69) is 5.16 Å². The first-order valence-electron chi connectivity index (χ1n) is 5.33. The van der Waals surface area contributed by atoms with Gasteiger partial charge in [0.15, 0.2) is 0 Å². The maximum absolute atomic E-state index is 8.54. The number of hydrogen-bond donors (Lipinski definition) is 1. The molecule has 2 aromatic carbocycles. The van der Waals surface area contributed by atoms with Gasteiger partial charge in [-0.15, -0.1) is 0 Å². The average Bonchev–Trinajstić information content (AvgIpc) is 2.39. The van der Waals surface area contributed by atoms with E-state index in [-0.39, 0.29) is 0 Å². The van der Waals surface area contributed by atoms with Crippen LogP contribution in [-0.4, -0.2) is 11.4 Å². The smallest absolute Gasteiger partial charge is 0.128 e. The van der Waals surface area contributed by atoms with Gasteiger partial charge in [0.2, 0.25) is 0 Å². The van der Waals surface area contributed by atoms with Gasteiger partial charge in [-0.2, -0.15) is 0 Å². The van der Waals surface area contributed by atoms with Gasteiger partial charge in [-0.25, -0.2) is 0 Å². The fourth-order valence-electron chi connectivity index (χ4n) is 1.52. The molecule has 0 atom stereocenters. The van der Waals surface area contributed by atoms with Crippen molar-refractivity contribution in [2.75, 3.05) is 0 Å². The summed E-state index contributed by atoms with van der Waals surface area (Å²) >= 11 is 0. The highest BCUT2D eigenvalue weighted by atomic mass is 16.5. The van der Waals surface area contributed by atoms with E-state index in [4.69, 9.17) is 9.94 Å². The quantitative estimate of drug-likeness (QED) is 0.495. The van der Waals surface area contributed by atoms with E-state index in [0.29, 0.717) is 12.4 Å². The van der Waals surface area contributed by atoms with Crippen LogP contribution in [0.2, 0.25) is 0 Å². The minimum atomic E-state index is 0.497. The second-order valence-electron chi connectivity index (χ2n) is 3.56. The number of rotatable bonds is 4. The molecule has 1 N–H and O–H groups in total. The topological polar surface area (TPSA) is 41.8 Å². The van der Waals surface area contributed by atoms with E-state index in [1.807, 2.05) is 54.6 Å². The molecule has 0 aliphatic carbocycles. The predicted molar refractivity (Wildman–Crippen MR) is 66.6 cm³/mol. The summed E-state index contributed by atoms with van der Waals surface area (Å²) in [7, 11) is 0. The third kappa shape index (κ3) is 3.08. The molecule has 0 amide bonds. The minimum Gasteiger partial charge on any atom is -0.488 e. The van der Waals surface area contributed by atoms with Crippen molar-refractivity contribution >= 4 is 6.21 Å². The Labute approximate surface area is 100.0 Å². The molecule has 0 heterocycles. The Morgan fingerprint density at radius 1 is 1.00 bits per heavy atom. The predicted octanol–water partition coefficient (Wildman–Crippen LogP) is 3.07. The lowest BCUT2D eigenvalue weighted by atomic mass is 10.2. The Morgan fingerprint density at radius 3 is 2.47 bits per heavy atom. The van der Waals surface area contributed by atoms with Crippen molar-refractivity contribution in [2.45, 2.75) is 6.61 Å². The fourth-order valence-corrected chi connectivity index (χ4v) is 1.52. The normalized spacial score (nSPS) is 10.6. The fraction of sp³-hybridized carbons (Fsp3) is 0.0714. The third-order valence-electron chi connectivity index (χ3n) is 2.35. The molecule has 0 bridgehead atoms. The van der Waals surface area contributed by atoms with Gasteiger partial charge in [-0.1, -0.05) is 47.6 Å². The van der Waals surface area contributed by atoms with Crippen molar-refractivity contribution < 1.29 is 9.94 Å². The molecule has 0 radical (unpaired) electrons. The summed E-state index contributed by atoms with van der Waals surface area (Å²) in [4.78, 5) is 0. The Hall–Kier alpha value is -2.29. The van der Waals surface area contributed by atoms with Crippen LogP contribution in [0.5, 0.6) is 5.75 Å². The zero-order valence-corrected chi connectivity index (χ0v) is 9.28. The number of hydrogen-bond acceptors (Lipinski definition) is 3. The highest BCUT2D eigenvalue weighted by Crippen LogP contribution is 2.17. The van der Waals surface area contributed by atoms with Crippen LogP contribution >= 0.6 is 0 Å². The molecule has 0 aliphatic rings. The Balaban J connectivity index is 2.09. The number of ether oxygens (including phenoxy) is 1. The number of para-hydroxylation sites is 1. The zero-order chi connectivity index (χ0) is 11.9. The van der Waals surface area contributed by atoms with Crippen LogP contribution in [0.1, 0.15) is 11.1 Å². The SMILES string of the molecule is O/N=C/c1ccccc1OCc1ccccc1. The van der Waals surface area contributed by atoms with Crippen LogP contribution in [0.15, 0.2) is 59.8 Å². The first-order valence-corrected chi connectivity index (χ1v) is 5.33. The molecule has 0 unspecified atom stereocenters. The lowest BCUT2D eigenvalue weighted by Gasteiger charge is -2.08. The number of benzene rings is 2. The second-order valence-corrected chi connectivity index (χ2v) is 3.56. The molecule has 0 saturated heterocycles. The van der Waals surface area contributed by atoms with Gasteiger partial charge in [-0.05, 0) is 17.7 Å². The maximum atomic E-state index is 8.54. The first-order chi connectivity index (χ1) is 8.40. The highest BCUT2D eigenvalue weighted by molar-refractivity contribution is 5.82. The van der Waals surface area contributed by atoms with Crippen LogP contribution in [0, 0.1) is 0 Å². The van der Waals surface area contributed by atoms with Gasteiger partial charge in [0.1, 0.15) is 12.4 Å². The summed E-state index contributed by atoms with van der Waals surface area (Å²) in [6, 6.07) is 17.3. The van der Waals surface area contributed by atoms with E-state index in [9.17, 15) is 0 Å². The van der Waals surface area contributed by atoms with E-state index in [1.165, 1.54) is 6.21 Å². The lowest BCUT2D eigenvalue weighted by Crippen LogP contribution is -1.97. The van der Waals surface area contributed by atoms with Crippen molar-refractivity contribution in [2.24, 2.45) is 5.16 Å². The van der Waals surface area contributed by atoms with Gasteiger partial charge in [-0.3, -0.25) is 0 Å². The van der Waals surface area contributed by atoms with Crippen LogP contribution in [0.4, 0.5) is 0 Å². The minimum absolute atomic E-state index is 0.497. The molecular formula is C14H13NO2. The standard InChI is InChI=1S/C14H13NO2/c16-15-10-13-8-4-5-9-14(13)17-11-12-6-2-1-3-7-12/h1-10,16H,11H2/b15-10+. The van der Waals surface area contributed by atoms with Crippen LogP contribution in [0.3, 0.4) is 0 Å². The van der Waals surface area contributed by atoms with Crippen LogP contribution < -0.4 is 4.74 Å². The molecule has 0 aromatic heterocycles. The lowest BCUT2D eigenvalue weighted by molar-refractivity contribution is 0.304. The molecule has 0 saturated carbocycles. The van der Waals surface area contributed by atoms with Crippen molar-refractivity contribution in [3.63, 3.8) is 0 Å². The molecule has 2 aromatic rings. The monoisotopic (exact) mass is 227 g/mol. The second kappa shape index (κ2) is 5.70. The van der Waals surface area contributed by atoms with Gasteiger partial charge >= 0.3 is 0 Å². The molecule has 0 spiro atoms. The maximum Gasteiger partial charge on any atom is 0.128 e. The Kier molecular flexibility index (Phi) is 3.76. The van der Waals surface area contributed by atoms with Crippen LogP contribution in [-0.2, 0) is 6.61 Å². The van der Waals surface area contributed by atoms with Gasteiger partial charge in [0.05, 0.1) is 6.21 Å². The molecule has 17 heavy (non-hydrogen) atoms. The molecule has 3 nitrogen and oxygen atoms in total. The van der Waals surface area contributed by atoms with Crippen molar-refractivity contribution in [1.29, 1.82) is 0 Å². The summed E-state index contributed by atoms with van der Waals surface area (Å²) < 4.78 is 5.67. The molecule has 86 valence electrons. The van der Waals surface area contributed by atoms with E-state index < -0.39 is 0 Å². The number of oxime groups is 1. The molecular weight excluding hydrogens is 214 g/mol. The number of nitrogens with zero attached hydrogens (tertiary/aromatic N) is 1. The Bertz CT molecular complexity index is 495. The summed E-state index contributed by atoms with van der Waals surface area (Å²) in [5.41, 5.74) is 1.86. The van der Waals surface area contributed by atoms with E-state index >= 15 is 0 Å². The van der Waals surface area contributed by atoms with Gasteiger partial charge in [0.25, 0.3) is 0 Å². The summed E-state index contributed by atoms with van der Waals surface area (Å²) in [6.07, 6.45) is 1.36. The van der Waals surface area contributed by atoms with Gasteiger partial charge in [0, 0.05) is 5.56 Å². The summed E-state index contributed by atoms with van der Waals surface area (Å²) in [5, 5.41) is 11.6. The largest absolute Gasteiger partial charge is 0.488 e. The molecule has 2 rings (SSSR count). The van der Waals surface area contributed by atoms with Crippen molar-refractivity contribution in [1.82, 2.24) is 0 Å². The van der Waals surface area contributed by atoms with Gasteiger partial charge < -0.3 is 9.94 Å². The first kappa shape index (κ1) is 11.2. The molecule has 3 heteroatoms. The van der Waals surface area contributed by atoms with Crippen LogP contribution in [0.25, 0.3) is 0 Å². The average molecular weight is 227 g/mol. The highest BCUT2D eigenvalue weighted by Gasteiger charge is 2.00. The van der Waals surface area contributed by atoms with E-state index in [1.54, 1.807) is 0 Å². The van der Waals surface area contributed by atoms with Crippen molar-refractivity contribution in [3.8, 4) is 5.75 Å². The molecule has 0 fully saturated rings. The summed E-state index contributed by atoms with van der Waals surface area (Å²) in [5.74, 6) is 0.703. The third-order valence-corrected chi connectivity index (χ3v) is 2.35. The Morgan fingerprint density at radius 2 is 1.71 bits per heavy atom.